The first-order valence-electron chi connectivity index (χ1n) is 12.0. The van der Waals surface area contributed by atoms with E-state index in [1.165, 1.54) is 12.1 Å². The normalized spacial score (nSPS) is 18.4. The Morgan fingerprint density at radius 1 is 1.34 bits per heavy atom. The van der Waals surface area contributed by atoms with Gasteiger partial charge in [-0.05, 0) is 58.2 Å². The summed E-state index contributed by atoms with van der Waals surface area (Å²) < 4.78 is 31.8. The standard InChI is InChI=1S/C26H42ClFN4O3/c1-7-30-15-26(17-34-25(4,5)35-18-26)16-32(13-20(12-27)10-24(29)31-19(2)3)14-21-11-22(28)8-9-23(21)33-6/h7-11,19-20,30-31H,1,12-18,29H2,2-6H3. The lowest BCUT2D eigenvalue weighted by Gasteiger charge is -2.46. The molecule has 0 radical (unpaired) electrons. The SMILES string of the molecule is C=CNCC1(CN(Cc2cc(F)ccc2OC)CC(C=C(N)NC(C)C)CCl)COC(C)(C)OC1. The molecule has 1 atom stereocenters. The van der Waals surface area contributed by atoms with E-state index in [1.807, 2.05) is 33.8 Å². The summed E-state index contributed by atoms with van der Waals surface area (Å²) in [7, 11) is 1.59. The van der Waals surface area contributed by atoms with Crippen molar-refractivity contribution in [3.05, 3.63) is 54.3 Å². The Bertz CT molecular complexity index is 840. The minimum Gasteiger partial charge on any atom is -0.496 e. The van der Waals surface area contributed by atoms with Gasteiger partial charge in [0.25, 0.3) is 0 Å². The lowest BCUT2D eigenvalue weighted by Crippen LogP contribution is -2.56. The summed E-state index contributed by atoms with van der Waals surface area (Å²) >= 11 is 6.36. The van der Waals surface area contributed by atoms with E-state index in [9.17, 15) is 4.39 Å². The van der Waals surface area contributed by atoms with Crippen LogP contribution in [0.3, 0.4) is 0 Å². The molecule has 35 heavy (non-hydrogen) atoms. The molecule has 7 nitrogen and oxygen atoms in total. The van der Waals surface area contributed by atoms with Crippen molar-refractivity contribution in [2.24, 2.45) is 17.1 Å². The molecule has 9 heteroatoms. The molecule has 1 saturated heterocycles. The number of rotatable bonds is 14. The van der Waals surface area contributed by atoms with Gasteiger partial charge in [-0.3, -0.25) is 4.90 Å². The monoisotopic (exact) mass is 512 g/mol. The highest BCUT2D eigenvalue weighted by molar-refractivity contribution is 6.18. The van der Waals surface area contributed by atoms with E-state index in [4.69, 9.17) is 31.5 Å². The summed E-state index contributed by atoms with van der Waals surface area (Å²) in [5.74, 6) is 0.610. The van der Waals surface area contributed by atoms with Crippen LogP contribution in [0.5, 0.6) is 5.75 Å². The first-order valence-corrected chi connectivity index (χ1v) is 12.5. The number of alkyl halides is 1. The summed E-state index contributed by atoms with van der Waals surface area (Å²) in [6, 6.07) is 4.77. The summed E-state index contributed by atoms with van der Waals surface area (Å²) in [5.41, 5.74) is 6.59. The van der Waals surface area contributed by atoms with Crippen molar-refractivity contribution in [3.63, 3.8) is 0 Å². The predicted molar refractivity (Wildman–Crippen MR) is 140 cm³/mol. The number of ether oxygens (including phenoxy) is 3. The van der Waals surface area contributed by atoms with Crippen LogP contribution in [0.15, 0.2) is 42.9 Å². The molecule has 1 heterocycles. The van der Waals surface area contributed by atoms with Crippen LogP contribution >= 0.6 is 11.6 Å². The fourth-order valence-electron chi connectivity index (χ4n) is 4.16. The Kier molecular flexibility index (Phi) is 11.1. The summed E-state index contributed by atoms with van der Waals surface area (Å²) in [4.78, 5) is 2.24. The van der Waals surface area contributed by atoms with Gasteiger partial charge in [0.15, 0.2) is 5.79 Å². The lowest BCUT2D eigenvalue weighted by atomic mass is 9.87. The van der Waals surface area contributed by atoms with Crippen LogP contribution in [0.25, 0.3) is 0 Å². The van der Waals surface area contributed by atoms with Gasteiger partial charge in [0, 0.05) is 55.0 Å². The Balaban J connectivity index is 2.35. The van der Waals surface area contributed by atoms with Crippen LogP contribution in [0, 0.1) is 17.2 Å². The zero-order valence-electron chi connectivity index (χ0n) is 21.7. The number of nitrogens with zero attached hydrogens (tertiary/aromatic N) is 1. The second-order valence-electron chi connectivity index (χ2n) is 10.0. The number of hydrogen-bond donors (Lipinski definition) is 3. The molecule has 1 aromatic carbocycles. The van der Waals surface area contributed by atoms with Crippen molar-refractivity contribution in [2.45, 2.75) is 46.1 Å². The molecule has 0 bridgehead atoms. The van der Waals surface area contributed by atoms with Gasteiger partial charge in [-0.15, -0.1) is 11.6 Å². The number of hydrogen-bond acceptors (Lipinski definition) is 7. The van der Waals surface area contributed by atoms with Gasteiger partial charge in [0.05, 0.1) is 26.1 Å². The van der Waals surface area contributed by atoms with Crippen molar-refractivity contribution in [2.75, 3.05) is 45.8 Å². The van der Waals surface area contributed by atoms with Crippen molar-refractivity contribution < 1.29 is 18.6 Å². The quantitative estimate of drug-likeness (QED) is 0.327. The van der Waals surface area contributed by atoms with Crippen LogP contribution in [-0.2, 0) is 16.0 Å². The molecule has 0 saturated carbocycles. The zero-order valence-corrected chi connectivity index (χ0v) is 22.5. The number of nitrogens with one attached hydrogen (secondary N) is 2. The molecule has 0 spiro atoms. The van der Waals surface area contributed by atoms with Crippen LogP contribution < -0.4 is 21.1 Å². The topological polar surface area (TPSA) is 81.0 Å². The van der Waals surface area contributed by atoms with E-state index in [0.29, 0.717) is 56.8 Å². The number of benzene rings is 1. The van der Waals surface area contributed by atoms with E-state index >= 15 is 0 Å². The Labute approximate surface area is 214 Å². The predicted octanol–water partition coefficient (Wildman–Crippen LogP) is 3.79. The van der Waals surface area contributed by atoms with Gasteiger partial charge in [-0.1, -0.05) is 6.58 Å². The zero-order chi connectivity index (χ0) is 26.1. The fraction of sp³-hybridized carbons (Fsp3) is 0.615. The van der Waals surface area contributed by atoms with Crippen LogP contribution in [-0.4, -0.2) is 62.6 Å². The van der Waals surface area contributed by atoms with Gasteiger partial charge in [-0.25, -0.2) is 4.39 Å². The van der Waals surface area contributed by atoms with Gasteiger partial charge in [0.1, 0.15) is 11.6 Å². The average Bonchev–Trinajstić information content (AvgIpc) is 2.78. The molecular formula is C26H42ClFN4O3. The fourth-order valence-corrected chi connectivity index (χ4v) is 4.35. The molecule has 2 rings (SSSR count). The van der Waals surface area contributed by atoms with Crippen molar-refractivity contribution in [3.8, 4) is 5.75 Å². The minimum atomic E-state index is -0.646. The maximum atomic E-state index is 14.2. The van der Waals surface area contributed by atoms with Crippen LogP contribution in [0.4, 0.5) is 4.39 Å². The third kappa shape index (κ3) is 9.52. The molecule has 1 aromatic rings. The molecular weight excluding hydrogens is 471 g/mol. The minimum absolute atomic E-state index is 0.0336. The average molecular weight is 513 g/mol. The third-order valence-corrected chi connectivity index (χ3v) is 6.23. The highest BCUT2D eigenvalue weighted by atomic mass is 35.5. The highest BCUT2D eigenvalue weighted by Gasteiger charge is 2.41. The van der Waals surface area contributed by atoms with Crippen LogP contribution in [0.1, 0.15) is 33.3 Å². The largest absolute Gasteiger partial charge is 0.496 e. The van der Waals surface area contributed by atoms with Gasteiger partial charge < -0.3 is 30.6 Å². The summed E-state index contributed by atoms with van der Waals surface area (Å²) in [6.45, 7) is 14.9. The molecule has 1 unspecified atom stereocenters. The maximum Gasteiger partial charge on any atom is 0.162 e. The lowest BCUT2D eigenvalue weighted by molar-refractivity contribution is -0.286. The molecule has 1 aliphatic rings. The van der Waals surface area contributed by atoms with E-state index in [0.717, 1.165) is 5.56 Å². The summed E-state index contributed by atoms with van der Waals surface area (Å²) in [6.07, 6.45) is 3.62. The van der Waals surface area contributed by atoms with E-state index in [-0.39, 0.29) is 23.2 Å². The molecule has 0 aliphatic carbocycles. The Hall–Kier alpha value is -2.00. The van der Waals surface area contributed by atoms with Gasteiger partial charge in [-0.2, -0.15) is 0 Å². The van der Waals surface area contributed by atoms with Crippen molar-refractivity contribution in [1.29, 1.82) is 0 Å². The molecule has 0 amide bonds. The number of nitrogens with two attached hydrogens (primary N) is 1. The molecule has 1 fully saturated rings. The molecule has 4 N–H and O–H groups in total. The second-order valence-corrected chi connectivity index (χ2v) is 10.3. The maximum absolute atomic E-state index is 14.2. The molecule has 198 valence electrons. The van der Waals surface area contributed by atoms with Crippen molar-refractivity contribution in [1.82, 2.24) is 15.5 Å². The number of halogens is 2. The van der Waals surface area contributed by atoms with Crippen LogP contribution in [0.2, 0.25) is 0 Å². The van der Waals surface area contributed by atoms with Crippen molar-refractivity contribution >= 4 is 11.6 Å². The van der Waals surface area contributed by atoms with Gasteiger partial charge in [0.2, 0.25) is 0 Å². The Morgan fingerprint density at radius 3 is 2.60 bits per heavy atom. The first-order chi connectivity index (χ1) is 16.5. The summed E-state index contributed by atoms with van der Waals surface area (Å²) in [5, 5.41) is 6.45. The number of methoxy groups -OCH3 is 1. The molecule has 1 aliphatic heterocycles. The Morgan fingerprint density at radius 2 is 2.03 bits per heavy atom. The van der Waals surface area contributed by atoms with Gasteiger partial charge >= 0.3 is 0 Å². The molecule has 0 aromatic heterocycles. The second kappa shape index (κ2) is 13.3. The van der Waals surface area contributed by atoms with E-state index < -0.39 is 5.79 Å². The highest BCUT2D eigenvalue weighted by Crippen LogP contribution is 2.32. The first kappa shape index (κ1) is 29.2. The smallest absolute Gasteiger partial charge is 0.162 e. The third-order valence-electron chi connectivity index (χ3n) is 5.83. The van der Waals surface area contributed by atoms with E-state index in [1.54, 1.807) is 19.4 Å². The van der Waals surface area contributed by atoms with E-state index in [2.05, 4.69) is 22.1 Å².